The Bertz CT molecular complexity index is 543. The lowest BCUT2D eigenvalue weighted by atomic mass is 10.3. The minimum atomic E-state index is 0.0851. The molecule has 0 saturated heterocycles. The summed E-state index contributed by atoms with van der Waals surface area (Å²) in [7, 11) is 3.50. The van der Waals surface area contributed by atoms with Gasteiger partial charge in [0.05, 0.1) is 13.7 Å². The number of nitrogens with zero attached hydrogens (tertiary/aromatic N) is 2. The first kappa shape index (κ1) is 14.1. The van der Waals surface area contributed by atoms with Crippen molar-refractivity contribution in [1.82, 2.24) is 4.98 Å². The SMILES string of the molecule is COc1ccc(Oc2ccnc(N(C)CCO)c2)cc1. The Morgan fingerprint density at radius 2 is 1.80 bits per heavy atom. The third-order valence-corrected chi connectivity index (χ3v) is 2.84. The highest BCUT2D eigenvalue weighted by molar-refractivity contribution is 5.44. The first-order chi connectivity index (χ1) is 9.72. The molecule has 0 aliphatic carbocycles. The average molecular weight is 274 g/mol. The number of aliphatic hydroxyl groups is 1. The Hall–Kier alpha value is -2.27. The summed E-state index contributed by atoms with van der Waals surface area (Å²) in [6, 6.07) is 11.0. The van der Waals surface area contributed by atoms with Crippen LogP contribution in [0.25, 0.3) is 0 Å². The molecule has 2 aromatic rings. The fourth-order valence-electron chi connectivity index (χ4n) is 1.72. The number of benzene rings is 1. The standard InChI is InChI=1S/C15H18N2O3/c1-17(9-10-18)15-11-14(7-8-16-15)20-13-5-3-12(19-2)4-6-13/h3-8,11,18H,9-10H2,1-2H3. The van der Waals surface area contributed by atoms with E-state index in [-0.39, 0.29) is 6.61 Å². The fourth-order valence-corrected chi connectivity index (χ4v) is 1.72. The predicted molar refractivity (Wildman–Crippen MR) is 77.7 cm³/mol. The van der Waals surface area contributed by atoms with E-state index in [1.54, 1.807) is 19.4 Å². The van der Waals surface area contributed by atoms with Crippen molar-refractivity contribution >= 4 is 5.82 Å². The van der Waals surface area contributed by atoms with Gasteiger partial charge < -0.3 is 19.5 Å². The molecule has 20 heavy (non-hydrogen) atoms. The molecule has 5 nitrogen and oxygen atoms in total. The minimum Gasteiger partial charge on any atom is -0.497 e. The number of aromatic nitrogens is 1. The Morgan fingerprint density at radius 3 is 2.45 bits per heavy atom. The highest BCUT2D eigenvalue weighted by Gasteiger charge is 2.04. The lowest BCUT2D eigenvalue weighted by molar-refractivity contribution is 0.304. The van der Waals surface area contributed by atoms with Crippen molar-refractivity contribution in [2.45, 2.75) is 0 Å². The molecular formula is C15H18N2O3. The van der Waals surface area contributed by atoms with Crippen LogP contribution in [-0.2, 0) is 0 Å². The zero-order valence-electron chi connectivity index (χ0n) is 11.6. The van der Waals surface area contributed by atoms with Crippen LogP contribution >= 0.6 is 0 Å². The minimum absolute atomic E-state index is 0.0851. The summed E-state index contributed by atoms with van der Waals surface area (Å²) in [6.45, 7) is 0.612. The molecule has 0 radical (unpaired) electrons. The second-order valence-corrected chi connectivity index (χ2v) is 4.27. The lowest BCUT2D eigenvalue weighted by Crippen LogP contribution is -2.21. The average Bonchev–Trinajstić information content (AvgIpc) is 2.48. The third-order valence-electron chi connectivity index (χ3n) is 2.84. The van der Waals surface area contributed by atoms with Gasteiger partial charge in [-0.15, -0.1) is 0 Å². The number of aliphatic hydroxyl groups excluding tert-OH is 1. The van der Waals surface area contributed by atoms with E-state index >= 15 is 0 Å². The molecule has 0 unspecified atom stereocenters. The topological polar surface area (TPSA) is 54.8 Å². The van der Waals surface area contributed by atoms with Crippen LogP contribution in [0.15, 0.2) is 42.6 Å². The molecular weight excluding hydrogens is 256 g/mol. The highest BCUT2D eigenvalue weighted by Crippen LogP contribution is 2.25. The molecule has 1 heterocycles. The Labute approximate surface area is 118 Å². The second-order valence-electron chi connectivity index (χ2n) is 4.27. The first-order valence-corrected chi connectivity index (χ1v) is 6.33. The van der Waals surface area contributed by atoms with Crippen molar-refractivity contribution in [2.24, 2.45) is 0 Å². The molecule has 0 amide bonds. The molecule has 106 valence electrons. The monoisotopic (exact) mass is 274 g/mol. The maximum absolute atomic E-state index is 8.94. The van der Waals surface area contributed by atoms with Crippen LogP contribution in [0.5, 0.6) is 17.2 Å². The number of anilines is 1. The van der Waals surface area contributed by atoms with E-state index in [0.717, 1.165) is 17.3 Å². The van der Waals surface area contributed by atoms with Crippen LogP contribution in [0.4, 0.5) is 5.82 Å². The molecule has 1 aromatic carbocycles. The molecule has 5 heteroatoms. The van der Waals surface area contributed by atoms with Gasteiger partial charge in [0.1, 0.15) is 23.1 Å². The van der Waals surface area contributed by atoms with Gasteiger partial charge in [0.2, 0.25) is 0 Å². The molecule has 0 bridgehead atoms. The van der Waals surface area contributed by atoms with Crippen molar-refractivity contribution in [3.8, 4) is 17.2 Å². The van der Waals surface area contributed by atoms with E-state index in [0.29, 0.717) is 12.3 Å². The van der Waals surface area contributed by atoms with Crippen molar-refractivity contribution in [2.75, 3.05) is 32.2 Å². The zero-order chi connectivity index (χ0) is 14.4. The number of pyridine rings is 1. The maximum Gasteiger partial charge on any atom is 0.132 e. The van der Waals surface area contributed by atoms with E-state index < -0.39 is 0 Å². The largest absolute Gasteiger partial charge is 0.497 e. The third kappa shape index (κ3) is 3.61. The normalized spacial score (nSPS) is 10.2. The Balaban J connectivity index is 2.10. The molecule has 0 aliphatic heterocycles. The van der Waals surface area contributed by atoms with Crippen LogP contribution in [0.1, 0.15) is 0 Å². The summed E-state index contributed by atoms with van der Waals surface area (Å²) in [5, 5.41) is 8.94. The molecule has 1 N–H and O–H groups in total. The van der Waals surface area contributed by atoms with E-state index in [1.165, 1.54) is 0 Å². The van der Waals surface area contributed by atoms with Gasteiger partial charge in [0.15, 0.2) is 0 Å². The Kier molecular flexibility index (Phi) is 4.79. The predicted octanol–water partition coefficient (Wildman–Crippen LogP) is 2.31. The van der Waals surface area contributed by atoms with Crippen molar-refractivity contribution in [1.29, 1.82) is 0 Å². The quantitative estimate of drug-likeness (QED) is 0.876. The van der Waals surface area contributed by atoms with Gasteiger partial charge in [-0.05, 0) is 30.3 Å². The molecule has 2 rings (SSSR count). The summed E-state index contributed by atoms with van der Waals surface area (Å²) in [4.78, 5) is 6.10. The van der Waals surface area contributed by atoms with Gasteiger partial charge in [-0.25, -0.2) is 4.98 Å². The smallest absolute Gasteiger partial charge is 0.132 e. The molecule has 0 fully saturated rings. The molecule has 1 aromatic heterocycles. The van der Waals surface area contributed by atoms with E-state index in [9.17, 15) is 0 Å². The van der Waals surface area contributed by atoms with Crippen LogP contribution in [0.3, 0.4) is 0 Å². The van der Waals surface area contributed by atoms with Crippen LogP contribution in [-0.4, -0.2) is 37.4 Å². The highest BCUT2D eigenvalue weighted by atomic mass is 16.5. The molecule has 0 atom stereocenters. The number of ether oxygens (including phenoxy) is 2. The Morgan fingerprint density at radius 1 is 1.10 bits per heavy atom. The van der Waals surface area contributed by atoms with Gasteiger partial charge in [0, 0.05) is 25.9 Å². The maximum atomic E-state index is 8.94. The fraction of sp³-hybridized carbons (Fsp3) is 0.267. The zero-order valence-corrected chi connectivity index (χ0v) is 11.6. The van der Waals surface area contributed by atoms with Gasteiger partial charge in [0.25, 0.3) is 0 Å². The van der Waals surface area contributed by atoms with Crippen LogP contribution in [0, 0.1) is 0 Å². The van der Waals surface area contributed by atoms with Crippen molar-refractivity contribution in [3.63, 3.8) is 0 Å². The summed E-state index contributed by atoms with van der Waals surface area (Å²) in [5.74, 6) is 2.97. The number of likely N-dealkylation sites (N-methyl/N-ethyl adjacent to an activating group) is 1. The van der Waals surface area contributed by atoms with Gasteiger partial charge in [-0.1, -0.05) is 0 Å². The van der Waals surface area contributed by atoms with Crippen molar-refractivity contribution < 1.29 is 14.6 Å². The summed E-state index contributed by atoms with van der Waals surface area (Å²) in [6.07, 6.45) is 1.68. The second kappa shape index (κ2) is 6.77. The van der Waals surface area contributed by atoms with E-state index in [1.807, 2.05) is 42.3 Å². The number of rotatable bonds is 6. The molecule has 0 aliphatic rings. The summed E-state index contributed by atoms with van der Waals surface area (Å²) < 4.78 is 10.9. The lowest BCUT2D eigenvalue weighted by Gasteiger charge is -2.17. The van der Waals surface area contributed by atoms with Gasteiger partial charge in [-0.3, -0.25) is 0 Å². The molecule has 0 saturated carbocycles. The summed E-state index contributed by atoms with van der Waals surface area (Å²) >= 11 is 0. The van der Waals surface area contributed by atoms with E-state index in [4.69, 9.17) is 14.6 Å². The van der Waals surface area contributed by atoms with Gasteiger partial charge in [-0.2, -0.15) is 0 Å². The van der Waals surface area contributed by atoms with E-state index in [2.05, 4.69) is 4.98 Å². The molecule has 0 spiro atoms. The number of hydrogen-bond acceptors (Lipinski definition) is 5. The number of methoxy groups -OCH3 is 1. The first-order valence-electron chi connectivity index (χ1n) is 6.33. The summed E-state index contributed by atoms with van der Waals surface area (Å²) in [5.41, 5.74) is 0. The number of hydrogen-bond donors (Lipinski definition) is 1. The van der Waals surface area contributed by atoms with Gasteiger partial charge >= 0.3 is 0 Å². The van der Waals surface area contributed by atoms with Crippen molar-refractivity contribution in [3.05, 3.63) is 42.6 Å². The van der Waals surface area contributed by atoms with Crippen LogP contribution < -0.4 is 14.4 Å². The van der Waals surface area contributed by atoms with Crippen LogP contribution in [0.2, 0.25) is 0 Å².